The second kappa shape index (κ2) is 6.96. The van der Waals surface area contributed by atoms with Crippen molar-refractivity contribution in [2.75, 3.05) is 5.32 Å². The van der Waals surface area contributed by atoms with Crippen molar-refractivity contribution >= 4 is 17.0 Å². The van der Waals surface area contributed by atoms with Crippen LogP contribution in [0, 0.1) is 6.92 Å². The minimum absolute atomic E-state index is 0.172. The molecule has 4 rings (SSSR count). The van der Waals surface area contributed by atoms with Gasteiger partial charge in [0.1, 0.15) is 5.39 Å². The minimum atomic E-state index is -0.538. The summed E-state index contributed by atoms with van der Waals surface area (Å²) < 4.78 is 1.09. The molecule has 1 saturated carbocycles. The van der Waals surface area contributed by atoms with Crippen LogP contribution in [0.1, 0.15) is 31.2 Å². The van der Waals surface area contributed by atoms with Crippen LogP contribution in [0.15, 0.2) is 40.1 Å². The standard InChI is InChI=1S/C19H21N5O3/c1-11-3-2-4-13(9-11)24-17(26)15-10-20-18(22-16(15)23-19(24)27)21-12-5-7-14(25)8-6-12/h2-4,9-10,12,14,25H,5-8H2,1H3,(H2,20,21,22,23,27). The molecule has 1 aliphatic rings. The number of aryl methyl sites for hydroxylation is 1. The lowest BCUT2D eigenvalue weighted by Gasteiger charge is -2.26. The van der Waals surface area contributed by atoms with Crippen LogP contribution in [0.4, 0.5) is 5.95 Å². The first kappa shape index (κ1) is 17.4. The minimum Gasteiger partial charge on any atom is -0.393 e. The van der Waals surface area contributed by atoms with E-state index >= 15 is 0 Å². The Balaban J connectivity index is 1.71. The Kier molecular flexibility index (Phi) is 4.49. The van der Waals surface area contributed by atoms with Gasteiger partial charge in [0, 0.05) is 12.2 Å². The zero-order chi connectivity index (χ0) is 19.0. The molecule has 0 aliphatic heterocycles. The Morgan fingerprint density at radius 3 is 2.74 bits per heavy atom. The van der Waals surface area contributed by atoms with Crippen molar-refractivity contribution in [3.63, 3.8) is 0 Å². The SMILES string of the molecule is Cc1cccc(-n2c(=O)[nH]c3nc(NC4CCC(O)CC4)ncc3c2=O)c1. The highest BCUT2D eigenvalue weighted by molar-refractivity contribution is 5.73. The van der Waals surface area contributed by atoms with Crippen molar-refractivity contribution in [1.82, 2.24) is 19.5 Å². The molecule has 1 fully saturated rings. The highest BCUT2D eigenvalue weighted by Crippen LogP contribution is 2.21. The van der Waals surface area contributed by atoms with Crippen molar-refractivity contribution in [2.45, 2.75) is 44.8 Å². The lowest BCUT2D eigenvalue weighted by atomic mass is 9.93. The number of hydrogen-bond acceptors (Lipinski definition) is 6. The molecule has 27 heavy (non-hydrogen) atoms. The maximum Gasteiger partial charge on any atom is 0.334 e. The second-order valence-electron chi connectivity index (χ2n) is 7.02. The third-order valence-corrected chi connectivity index (χ3v) is 4.94. The van der Waals surface area contributed by atoms with E-state index in [0.29, 0.717) is 11.6 Å². The van der Waals surface area contributed by atoms with Crippen molar-refractivity contribution in [1.29, 1.82) is 0 Å². The Bertz CT molecular complexity index is 1100. The summed E-state index contributed by atoms with van der Waals surface area (Å²) in [5.74, 6) is 0.368. The predicted molar refractivity (Wildman–Crippen MR) is 102 cm³/mol. The first-order valence-electron chi connectivity index (χ1n) is 9.05. The molecule has 0 spiro atoms. The van der Waals surface area contributed by atoms with Gasteiger partial charge in [-0.25, -0.2) is 14.3 Å². The largest absolute Gasteiger partial charge is 0.393 e. The topological polar surface area (TPSA) is 113 Å². The van der Waals surface area contributed by atoms with Gasteiger partial charge in [0.15, 0.2) is 5.65 Å². The second-order valence-corrected chi connectivity index (χ2v) is 7.02. The summed E-state index contributed by atoms with van der Waals surface area (Å²) >= 11 is 0. The summed E-state index contributed by atoms with van der Waals surface area (Å²) in [6.45, 7) is 1.90. The van der Waals surface area contributed by atoms with Crippen LogP contribution in [0.25, 0.3) is 16.7 Å². The lowest BCUT2D eigenvalue weighted by molar-refractivity contribution is 0.126. The van der Waals surface area contributed by atoms with Crippen molar-refractivity contribution in [3.8, 4) is 5.69 Å². The van der Waals surface area contributed by atoms with E-state index in [0.717, 1.165) is 35.8 Å². The Labute approximate surface area is 154 Å². The first-order valence-corrected chi connectivity index (χ1v) is 9.05. The third-order valence-electron chi connectivity index (χ3n) is 4.94. The van der Waals surface area contributed by atoms with Crippen LogP contribution in [0.2, 0.25) is 0 Å². The number of H-pyrrole nitrogens is 1. The quantitative estimate of drug-likeness (QED) is 0.646. The lowest BCUT2D eigenvalue weighted by Crippen LogP contribution is -2.34. The molecule has 1 aliphatic carbocycles. The van der Waals surface area contributed by atoms with Crippen molar-refractivity contribution in [2.24, 2.45) is 0 Å². The molecule has 8 nitrogen and oxygen atoms in total. The summed E-state index contributed by atoms with van der Waals surface area (Å²) in [5.41, 5.74) is 0.677. The van der Waals surface area contributed by atoms with E-state index in [-0.39, 0.29) is 23.2 Å². The molecule has 1 aromatic carbocycles. The van der Waals surface area contributed by atoms with E-state index < -0.39 is 11.2 Å². The van der Waals surface area contributed by atoms with Gasteiger partial charge in [-0.05, 0) is 50.3 Å². The predicted octanol–water partition coefficient (Wildman–Crippen LogP) is 1.49. The molecule has 2 aromatic heterocycles. The average molecular weight is 367 g/mol. The van der Waals surface area contributed by atoms with Crippen LogP contribution >= 0.6 is 0 Å². The van der Waals surface area contributed by atoms with E-state index in [4.69, 9.17) is 0 Å². The Hall–Kier alpha value is -3.00. The molecule has 0 radical (unpaired) electrons. The van der Waals surface area contributed by atoms with E-state index in [1.165, 1.54) is 6.20 Å². The molecule has 8 heteroatoms. The smallest absolute Gasteiger partial charge is 0.334 e. The number of aromatic amines is 1. The number of nitrogens with one attached hydrogen (secondary N) is 2. The first-order chi connectivity index (χ1) is 13.0. The van der Waals surface area contributed by atoms with Crippen LogP contribution in [-0.2, 0) is 0 Å². The van der Waals surface area contributed by atoms with Gasteiger partial charge in [-0.1, -0.05) is 12.1 Å². The fourth-order valence-corrected chi connectivity index (χ4v) is 3.48. The van der Waals surface area contributed by atoms with E-state index in [1.54, 1.807) is 18.2 Å². The third kappa shape index (κ3) is 3.48. The highest BCUT2D eigenvalue weighted by atomic mass is 16.3. The molecule has 140 valence electrons. The molecular weight excluding hydrogens is 346 g/mol. The number of rotatable bonds is 3. The van der Waals surface area contributed by atoms with Gasteiger partial charge in [-0.3, -0.25) is 9.78 Å². The number of aliphatic hydroxyl groups excluding tert-OH is 1. The fourth-order valence-electron chi connectivity index (χ4n) is 3.48. The average Bonchev–Trinajstić information content (AvgIpc) is 2.63. The van der Waals surface area contributed by atoms with Gasteiger partial charge in [0.05, 0.1) is 11.8 Å². The monoisotopic (exact) mass is 367 g/mol. The fraction of sp³-hybridized carbons (Fsp3) is 0.368. The maximum atomic E-state index is 12.8. The molecule has 0 unspecified atom stereocenters. The van der Waals surface area contributed by atoms with Gasteiger partial charge >= 0.3 is 5.69 Å². The highest BCUT2D eigenvalue weighted by Gasteiger charge is 2.20. The van der Waals surface area contributed by atoms with Gasteiger partial charge < -0.3 is 10.4 Å². The zero-order valence-corrected chi connectivity index (χ0v) is 15.0. The summed E-state index contributed by atoms with van der Waals surface area (Å²) in [4.78, 5) is 36.5. The molecule has 0 bridgehead atoms. The van der Waals surface area contributed by atoms with Gasteiger partial charge in [0.2, 0.25) is 5.95 Å². The zero-order valence-electron chi connectivity index (χ0n) is 15.0. The normalized spacial score (nSPS) is 19.9. The van der Waals surface area contributed by atoms with Crippen LogP contribution < -0.4 is 16.6 Å². The number of anilines is 1. The Morgan fingerprint density at radius 1 is 1.22 bits per heavy atom. The van der Waals surface area contributed by atoms with E-state index in [2.05, 4.69) is 20.3 Å². The van der Waals surface area contributed by atoms with E-state index in [9.17, 15) is 14.7 Å². The van der Waals surface area contributed by atoms with Crippen molar-refractivity contribution < 1.29 is 5.11 Å². The van der Waals surface area contributed by atoms with Crippen LogP contribution in [0.3, 0.4) is 0 Å². The summed E-state index contributed by atoms with van der Waals surface area (Å²) in [5, 5.41) is 13.1. The molecule has 3 aromatic rings. The summed E-state index contributed by atoms with van der Waals surface area (Å²) in [6, 6.07) is 7.35. The van der Waals surface area contributed by atoms with Gasteiger partial charge in [-0.15, -0.1) is 0 Å². The van der Waals surface area contributed by atoms with Gasteiger partial charge in [0.25, 0.3) is 5.56 Å². The van der Waals surface area contributed by atoms with Gasteiger partial charge in [-0.2, -0.15) is 4.98 Å². The molecule has 0 amide bonds. The number of hydrogen-bond donors (Lipinski definition) is 3. The van der Waals surface area contributed by atoms with Crippen molar-refractivity contribution in [3.05, 3.63) is 56.9 Å². The maximum absolute atomic E-state index is 12.8. The van der Waals surface area contributed by atoms with E-state index in [1.807, 2.05) is 13.0 Å². The number of aromatic nitrogens is 4. The molecular formula is C19H21N5O3. The summed E-state index contributed by atoms with van der Waals surface area (Å²) in [6.07, 6.45) is 4.33. The number of aliphatic hydroxyl groups is 1. The Morgan fingerprint density at radius 2 is 2.00 bits per heavy atom. The molecule has 0 saturated heterocycles. The number of fused-ring (bicyclic) bond motifs is 1. The van der Waals surface area contributed by atoms with Crippen LogP contribution in [-0.4, -0.2) is 36.8 Å². The molecule has 2 heterocycles. The summed E-state index contributed by atoms with van der Waals surface area (Å²) in [7, 11) is 0. The number of nitrogens with zero attached hydrogens (tertiary/aromatic N) is 3. The van der Waals surface area contributed by atoms with Crippen LogP contribution in [0.5, 0.6) is 0 Å². The number of benzene rings is 1. The molecule has 3 N–H and O–H groups in total. The molecule has 0 atom stereocenters.